The fraction of sp³-hybridized carbons (Fsp3) is 0.222. The molecule has 2 N–H and O–H groups in total. The standard InChI is InChI=1S/C9H9F2N5/c10-9(11,4-12)7-1-2-8(14-3-7)16-6-13-5-15-16/h1-3,5-6H,4,12H2. The van der Waals surface area contributed by atoms with Gasteiger partial charge in [-0.15, -0.1) is 0 Å². The monoisotopic (exact) mass is 225 g/mol. The zero-order chi connectivity index (χ0) is 11.6. The topological polar surface area (TPSA) is 69.6 Å². The number of nitrogens with zero attached hydrogens (tertiary/aromatic N) is 4. The van der Waals surface area contributed by atoms with E-state index in [1.165, 1.54) is 29.5 Å². The van der Waals surface area contributed by atoms with Crippen LogP contribution in [0, 0.1) is 0 Å². The first-order valence-electron chi connectivity index (χ1n) is 4.53. The van der Waals surface area contributed by atoms with Crippen LogP contribution >= 0.6 is 0 Å². The summed E-state index contributed by atoms with van der Waals surface area (Å²) in [6.45, 7) is -0.739. The third kappa shape index (κ3) is 1.89. The Morgan fingerprint density at radius 1 is 1.38 bits per heavy atom. The van der Waals surface area contributed by atoms with E-state index in [4.69, 9.17) is 5.73 Å². The smallest absolute Gasteiger partial charge is 0.286 e. The Bertz CT molecular complexity index is 451. The molecule has 0 aromatic carbocycles. The second-order valence-corrected chi connectivity index (χ2v) is 3.15. The molecule has 0 aliphatic carbocycles. The highest BCUT2D eigenvalue weighted by Gasteiger charge is 2.29. The van der Waals surface area contributed by atoms with Gasteiger partial charge in [0, 0.05) is 11.8 Å². The lowest BCUT2D eigenvalue weighted by Gasteiger charge is -2.13. The third-order valence-electron chi connectivity index (χ3n) is 2.08. The van der Waals surface area contributed by atoms with Crippen molar-refractivity contribution >= 4 is 0 Å². The van der Waals surface area contributed by atoms with Crippen molar-refractivity contribution in [3.05, 3.63) is 36.5 Å². The van der Waals surface area contributed by atoms with Gasteiger partial charge in [0.15, 0.2) is 5.82 Å². The zero-order valence-electron chi connectivity index (χ0n) is 8.22. The lowest BCUT2D eigenvalue weighted by atomic mass is 10.1. The summed E-state index contributed by atoms with van der Waals surface area (Å²) in [7, 11) is 0. The fourth-order valence-corrected chi connectivity index (χ4v) is 1.18. The Morgan fingerprint density at radius 3 is 2.69 bits per heavy atom. The molecule has 0 radical (unpaired) electrons. The molecular formula is C9H9F2N5. The van der Waals surface area contributed by atoms with E-state index in [0.29, 0.717) is 5.82 Å². The van der Waals surface area contributed by atoms with Gasteiger partial charge in [0.1, 0.15) is 12.7 Å². The average molecular weight is 225 g/mol. The molecule has 16 heavy (non-hydrogen) atoms. The Morgan fingerprint density at radius 2 is 2.19 bits per heavy atom. The number of alkyl halides is 2. The summed E-state index contributed by atoms with van der Waals surface area (Å²) in [5, 5.41) is 3.83. The van der Waals surface area contributed by atoms with E-state index in [1.807, 2.05) is 0 Å². The van der Waals surface area contributed by atoms with Crippen LogP contribution in [-0.4, -0.2) is 26.3 Å². The molecule has 0 spiro atoms. The highest BCUT2D eigenvalue weighted by atomic mass is 19.3. The SMILES string of the molecule is NCC(F)(F)c1ccc(-n2cncn2)nc1. The van der Waals surface area contributed by atoms with Gasteiger partial charge in [0.25, 0.3) is 5.92 Å². The van der Waals surface area contributed by atoms with Crippen LogP contribution in [0.3, 0.4) is 0 Å². The molecule has 0 saturated carbocycles. The summed E-state index contributed by atoms with van der Waals surface area (Å²) in [5.74, 6) is -2.62. The molecule has 0 atom stereocenters. The lowest BCUT2D eigenvalue weighted by Crippen LogP contribution is -2.25. The van der Waals surface area contributed by atoms with Crippen LogP contribution < -0.4 is 5.73 Å². The Balaban J connectivity index is 2.30. The molecule has 0 aliphatic heterocycles. The van der Waals surface area contributed by atoms with Gasteiger partial charge in [0.05, 0.1) is 6.54 Å². The maximum absolute atomic E-state index is 13.2. The van der Waals surface area contributed by atoms with Gasteiger partial charge in [-0.05, 0) is 12.1 Å². The van der Waals surface area contributed by atoms with Gasteiger partial charge in [-0.3, -0.25) is 0 Å². The average Bonchev–Trinajstić information content (AvgIpc) is 2.83. The zero-order valence-corrected chi connectivity index (χ0v) is 8.22. The molecule has 2 rings (SSSR count). The van der Waals surface area contributed by atoms with Crippen molar-refractivity contribution in [2.75, 3.05) is 6.54 Å². The number of pyridine rings is 1. The number of nitrogens with two attached hydrogens (primary N) is 1. The van der Waals surface area contributed by atoms with E-state index in [9.17, 15) is 8.78 Å². The predicted octanol–water partition coefficient (Wildman–Crippen LogP) is 0.713. The van der Waals surface area contributed by atoms with Crippen LogP contribution in [0.4, 0.5) is 8.78 Å². The van der Waals surface area contributed by atoms with E-state index >= 15 is 0 Å². The summed E-state index contributed by atoms with van der Waals surface area (Å²) >= 11 is 0. The van der Waals surface area contributed by atoms with Crippen molar-refractivity contribution in [3.63, 3.8) is 0 Å². The van der Waals surface area contributed by atoms with Crippen molar-refractivity contribution < 1.29 is 8.78 Å². The number of rotatable bonds is 3. The molecule has 5 nitrogen and oxygen atoms in total. The summed E-state index contributed by atoms with van der Waals surface area (Å²) in [5.41, 5.74) is 4.76. The van der Waals surface area contributed by atoms with Crippen molar-refractivity contribution in [2.24, 2.45) is 5.73 Å². The minimum Gasteiger partial charge on any atom is -0.325 e. The third-order valence-corrected chi connectivity index (χ3v) is 2.08. The minimum absolute atomic E-state index is 0.209. The molecule has 0 unspecified atom stereocenters. The van der Waals surface area contributed by atoms with Gasteiger partial charge >= 0.3 is 0 Å². The summed E-state index contributed by atoms with van der Waals surface area (Å²) < 4.78 is 27.7. The predicted molar refractivity (Wildman–Crippen MR) is 52.1 cm³/mol. The molecule has 7 heteroatoms. The highest BCUT2D eigenvalue weighted by Crippen LogP contribution is 2.25. The molecular weight excluding hydrogens is 216 g/mol. The molecule has 2 aromatic rings. The molecule has 2 heterocycles. The van der Waals surface area contributed by atoms with Crippen molar-refractivity contribution in [1.29, 1.82) is 0 Å². The molecule has 0 aliphatic rings. The fourth-order valence-electron chi connectivity index (χ4n) is 1.18. The molecule has 2 aromatic heterocycles. The highest BCUT2D eigenvalue weighted by molar-refractivity contribution is 5.26. The summed E-state index contributed by atoms with van der Waals surface area (Å²) in [6, 6.07) is 2.71. The number of aromatic nitrogens is 4. The lowest BCUT2D eigenvalue weighted by molar-refractivity contribution is 0.00561. The first-order chi connectivity index (χ1) is 7.63. The largest absolute Gasteiger partial charge is 0.325 e. The first kappa shape index (κ1) is 10.6. The minimum atomic E-state index is -3.05. The maximum atomic E-state index is 13.2. The normalized spacial score (nSPS) is 11.7. The van der Waals surface area contributed by atoms with Crippen LogP contribution in [0.15, 0.2) is 31.0 Å². The van der Waals surface area contributed by atoms with Gasteiger partial charge in [-0.1, -0.05) is 0 Å². The second-order valence-electron chi connectivity index (χ2n) is 3.15. The van der Waals surface area contributed by atoms with Gasteiger partial charge in [-0.25, -0.2) is 14.6 Å². The van der Waals surface area contributed by atoms with Gasteiger partial charge < -0.3 is 5.73 Å². The van der Waals surface area contributed by atoms with Gasteiger partial charge in [-0.2, -0.15) is 13.9 Å². The van der Waals surface area contributed by atoms with Crippen LogP contribution in [0.25, 0.3) is 5.82 Å². The van der Waals surface area contributed by atoms with Crippen molar-refractivity contribution in [1.82, 2.24) is 19.7 Å². The van der Waals surface area contributed by atoms with Crippen molar-refractivity contribution in [3.8, 4) is 5.82 Å². The van der Waals surface area contributed by atoms with E-state index in [1.54, 1.807) is 0 Å². The second kappa shape index (κ2) is 3.93. The van der Waals surface area contributed by atoms with E-state index < -0.39 is 12.5 Å². The molecule has 0 saturated heterocycles. The van der Waals surface area contributed by atoms with Crippen LogP contribution in [-0.2, 0) is 5.92 Å². The molecule has 0 bridgehead atoms. The maximum Gasteiger partial charge on any atom is 0.286 e. The number of hydrogen-bond acceptors (Lipinski definition) is 4. The van der Waals surface area contributed by atoms with Crippen molar-refractivity contribution in [2.45, 2.75) is 5.92 Å². The van der Waals surface area contributed by atoms with E-state index in [0.717, 1.165) is 6.20 Å². The number of halogens is 2. The Labute approximate surface area is 89.9 Å². The Kier molecular flexibility index (Phi) is 2.61. The molecule has 0 amide bonds. The van der Waals surface area contributed by atoms with E-state index in [-0.39, 0.29) is 5.56 Å². The summed E-state index contributed by atoms with van der Waals surface area (Å²) in [4.78, 5) is 7.59. The summed E-state index contributed by atoms with van der Waals surface area (Å²) in [6.07, 6.45) is 3.86. The Hall–Kier alpha value is -1.89. The van der Waals surface area contributed by atoms with Crippen LogP contribution in [0.5, 0.6) is 0 Å². The molecule has 0 fully saturated rings. The van der Waals surface area contributed by atoms with E-state index in [2.05, 4.69) is 15.1 Å². The van der Waals surface area contributed by atoms with Gasteiger partial charge in [0.2, 0.25) is 0 Å². The molecule has 84 valence electrons. The first-order valence-corrected chi connectivity index (χ1v) is 4.53. The van der Waals surface area contributed by atoms with Crippen LogP contribution in [0.1, 0.15) is 5.56 Å². The van der Waals surface area contributed by atoms with Crippen LogP contribution in [0.2, 0.25) is 0 Å². The number of hydrogen-bond donors (Lipinski definition) is 1. The quantitative estimate of drug-likeness (QED) is 0.835.